The maximum Gasteiger partial charge on any atom is 0.295 e. The molecule has 2 aromatic rings. The minimum Gasteiger partial charge on any atom is -0.372 e. The highest BCUT2D eigenvalue weighted by molar-refractivity contribution is 9.10. The van der Waals surface area contributed by atoms with Crippen LogP contribution in [0.5, 0.6) is 0 Å². The van der Waals surface area contributed by atoms with E-state index in [0.717, 1.165) is 10.9 Å². The molecule has 0 aliphatic heterocycles. The lowest BCUT2D eigenvalue weighted by Crippen LogP contribution is -2.07. The fraction of sp³-hybridized carbons (Fsp3) is 0.231. The van der Waals surface area contributed by atoms with Crippen LogP contribution in [0.3, 0.4) is 0 Å². The molecule has 20 heavy (non-hydrogen) atoms. The van der Waals surface area contributed by atoms with Crippen LogP contribution in [-0.4, -0.2) is 4.92 Å². The average Bonchev–Trinajstić information content (AvgIpc) is 2.80. The van der Waals surface area contributed by atoms with E-state index in [9.17, 15) is 14.5 Å². The predicted octanol–water partition coefficient (Wildman–Crippen LogP) is 5.04. The number of halogens is 2. The van der Waals surface area contributed by atoms with Crippen LogP contribution in [0.25, 0.3) is 0 Å². The lowest BCUT2D eigenvalue weighted by Gasteiger charge is -2.14. The number of thiophene rings is 1. The monoisotopic (exact) mass is 358 g/mol. The quantitative estimate of drug-likeness (QED) is 0.615. The number of nitrogens with one attached hydrogen (secondary N) is 1. The summed E-state index contributed by atoms with van der Waals surface area (Å²) in [5.41, 5.74) is 0.0210. The van der Waals surface area contributed by atoms with Gasteiger partial charge in [0.15, 0.2) is 0 Å². The molecule has 7 heteroatoms. The molecule has 1 unspecified atom stereocenters. The van der Waals surface area contributed by atoms with Crippen molar-refractivity contribution >= 4 is 38.6 Å². The van der Waals surface area contributed by atoms with Gasteiger partial charge in [-0.1, -0.05) is 0 Å². The van der Waals surface area contributed by atoms with Crippen molar-refractivity contribution in [2.45, 2.75) is 19.9 Å². The molecule has 0 amide bonds. The minimum absolute atomic E-state index is 0.0928. The van der Waals surface area contributed by atoms with Gasteiger partial charge in [-0.25, -0.2) is 4.39 Å². The van der Waals surface area contributed by atoms with Crippen molar-refractivity contribution in [1.82, 2.24) is 0 Å². The summed E-state index contributed by atoms with van der Waals surface area (Å²) in [6.07, 6.45) is 0. The van der Waals surface area contributed by atoms with E-state index in [1.807, 2.05) is 26.0 Å². The number of aryl methyl sites for hydroxylation is 1. The van der Waals surface area contributed by atoms with E-state index in [0.29, 0.717) is 5.69 Å². The molecule has 106 valence electrons. The Morgan fingerprint density at radius 2 is 2.15 bits per heavy atom. The number of nitro groups is 1. The topological polar surface area (TPSA) is 55.2 Å². The van der Waals surface area contributed by atoms with Crippen LogP contribution in [0, 0.1) is 22.9 Å². The Hall–Kier alpha value is -1.47. The molecule has 0 fully saturated rings. The molecule has 0 saturated heterocycles. The van der Waals surface area contributed by atoms with E-state index < -0.39 is 10.7 Å². The Bertz CT molecular complexity index is 660. The largest absolute Gasteiger partial charge is 0.372 e. The van der Waals surface area contributed by atoms with Crippen molar-refractivity contribution < 1.29 is 9.31 Å². The molecular formula is C13H12BrFN2O2S. The van der Waals surface area contributed by atoms with Gasteiger partial charge in [0.25, 0.3) is 5.69 Å². The minimum atomic E-state index is -0.651. The third-order valence-corrected chi connectivity index (χ3v) is 4.59. The summed E-state index contributed by atoms with van der Waals surface area (Å²) in [5, 5.41) is 14.1. The standard InChI is InChI=1S/C13H12BrFN2O2S/c1-7-3-4-13(20-7)8(2)16-11-5-9(14)10(15)6-12(11)17(18)19/h3-6,8,16H,1-2H3. The molecule has 0 spiro atoms. The van der Waals surface area contributed by atoms with E-state index in [1.165, 1.54) is 10.9 Å². The number of nitro benzene ring substituents is 1. The second-order valence-electron chi connectivity index (χ2n) is 4.36. The molecule has 1 heterocycles. The summed E-state index contributed by atoms with van der Waals surface area (Å²) in [6.45, 7) is 3.91. The Kier molecular flexibility index (Phi) is 4.39. The van der Waals surface area contributed by atoms with Gasteiger partial charge in [-0.15, -0.1) is 11.3 Å². The fourth-order valence-electron chi connectivity index (χ4n) is 1.79. The second-order valence-corrected chi connectivity index (χ2v) is 6.53. The van der Waals surface area contributed by atoms with Crippen LogP contribution in [0.2, 0.25) is 0 Å². The molecular weight excluding hydrogens is 347 g/mol. The molecule has 0 aliphatic carbocycles. The lowest BCUT2D eigenvalue weighted by molar-refractivity contribution is -0.384. The first-order valence-corrected chi connectivity index (χ1v) is 7.45. The highest BCUT2D eigenvalue weighted by atomic mass is 79.9. The van der Waals surface area contributed by atoms with Crippen LogP contribution in [0.15, 0.2) is 28.7 Å². The van der Waals surface area contributed by atoms with Crippen LogP contribution in [0.4, 0.5) is 15.8 Å². The molecule has 2 rings (SSSR count). The Balaban J connectivity index is 2.33. The van der Waals surface area contributed by atoms with Gasteiger partial charge in [0.1, 0.15) is 11.5 Å². The number of benzene rings is 1. The summed E-state index contributed by atoms with van der Waals surface area (Å²) in [5.74, 6) is -0.651. The molecule has 1 atom stereocenters. The van der Waals surface area contributed by atoms with Crippen molar-refractivity contribution in [3.05, 3.63) is 54.4 Å². The van der Waals surface area contributed by atoms with Crippen LogP contribution >= 0.6 is 27.3 Å². The summed E-state index contributed by atoms with van der Waals surface area (Å²) >= 11 is 4.66. The molecule has 1 N–H and O–H groups in total. The van der Waals surface area contributed by atoms with E-state index in [1.54, 1.807) is 11.3 Å². The summed E-state index contributed by atoms with van der Waals surface area (Å²) in [4.78, 5) is 12.6. The zero-order chi connectivity index (χ0) is 14.9. The van der Waals surface area contributed by atoms with Crippen molar-refractivity contribution in [1.29, 1.82) is 0 Å². The second kappa shape index (κ2) is 5.88. The zero-order valence-electron chi connectivity index (χ0n) is 10.8. The number of nitrogens with zero attached hydrogens (tertiary/aromatic N) is 1. The summed E-state index contributed by atoms with van der Waals surface area (Å²) in [6, 6.07) is 6.18. The zero-order valence-corrected chi connectivity index (χ0v) is 13.2. The molecule has 1 aromatic carbocycles. The van der Waals surface area contributed by atoms with Gasteiger partial charge in [0.05, 0.1) is 21.5 Å². The van der Waals surface area contributed by atoms with Crippen molar-refractivity contribution in [2.75, 3.05) is 5.32 Å². The number of rotatable bonds is 4. The smallest absolute Gasteiger partial charge is 0.295 e. The van der Waals surface area contributed by atoms with E-state index >= 15 is 0 Å². The normalized spacial score (nSPS) is 12.2. The molecule has 0 saturated carbocycles. The molecule has 0 aliphatic rings. The van der Waals surface area contributed by atoms with Gasteiger partial charge < -0.3 is 5.32 Å². The SMILES string of the molecule is Cc1ccc(C(C)Nc2cc(Br)c(F)cc2[N+](=O)[O-])s1. The molecule has 0 radical (unpaired) electrons. The van der Waals surface area contributed by atoms with E-state index in [4.69, 9.17) is 0 Å². The van der Waals surface area contributed by atoms with Gasteiger partial charge in [0, 0.05) is 9.75 Å². The van der Waals surface area contributed by atoms with Gasteiger partial charge in [-0.3, -0.25) is 10.1 Å². The highest BCUT2D eigenvalue weighted by Gasteiger charge is 2.19. The van der Waals surface area contributed by atoms with Crippen molar-refractivity contribution in [2.24, 2.45) is 0 Å². The number of hydrogen-bond acceptors (Lipinski definition) is 4. The molecule has 4 nitrogen and oxygen atoms in total. The lowest BCUT2D eigenvalue weighted by atomic mass is 10.2. The van der Waals surface area contributed by atoms with Gasteiger partial charge in [0.2, 0.25) is 0 Å². The summed E-state index contributed by atoms with van der Waals surface area (Å²) in [7, 11) is 0. The maximum atomic E-state index is 13.4. The van der Waals surface area contributed by atoms with Crippen LogP contribution < -0.4 is 5.32 Å². The van der Waals surface area contributed by atoms with Gasteiger partial charge in [-0.2, -0.15) is 0 Å². The van der Waals surface area contributed by atoms with Crippen molar-refractivity contribution in [3.63, 3.8) is 0 Å². The number of anilines is 1. The summed E-state index contributed by atoms with van der Waals surface area (Å²) < 4.78 is 13.6. The predicted molar refractivity (Wildman–Crippen MR) is 81.8 cm³/mol. The van der Waals surface area contributed by atoms with Crippen molar-refractivity contribution in [3.8, 4) is 0 Å². The van der Waals surface area contributed by atoms with Crippen LogP contribution in [0.1, 0.15) is 22.7 Å². The van der Waals surface area contributed by atoms with E-state index in [-0.39, 0.29) is 16.2 Å². The fourth-order valence-corrected chi connectivity index (χ4v) is 3.02. The average molecular weight is 359 g/mol. The Labute approximate surface area is 127 Å². The Morgan fingerprint density at radius 1 is 1.45 bits per heavy atom. The van der Waals surface area contributed by atoms with E-state index in [2.05, 4.69) is 21.2 Å². The first-order valence-electron chi connectivity index (χ1n) is 5.85. The first-order chi connectivity index (χ1) is 9.38. The maximum absolute atomic E-state index is 13.4. The van der Waals surface area contributed by atoms with Crippen LogP contribution in [-0.2, 0) is 0 Å². The third-order valence-electron chi connectivity index (χ3n) is 2.80. The van der Waals surface area contributed by atoms with Gasteiger partial charge in [-0.05, 0) is 48.0 Å². The number of hydrogen-bond donors (Lipinski definition) is 1. The van der Waals surface area contributed by atoms with Gasteiger partial charge >= 0.3 is 0 Å². The highest BCUT2D eigenvalue weighted by Crippen LogP contribution is 2.34. The first kappa shape index (κ1) is 14.9. The third kappa shape index (κ3) is 3.16. The molecule has 1 aromatic heterocycles. The molecule has 0 bridgehead atoms. The Morgan fingerprint density at radius 3 is 2.70 bits per heavy atom.